The van der Waals surface area contributed by atoms with E-state index in [1.54, 1.807) is 14.1 Å². The van der Waals surface area contributed by atoms with E-state index < -0.39 is 41.9 Å². The SMILES string of the molecule is CNC(CC(C)=O)CC(=O)NCCCC(CC(C)=O)NC(=O)CC(CC(=O)NC(CC(C)=O)CC(C)=O)NC(=O)CC(CC(C)=O)NC. The molecule has 0 heterocycles. The molecule has 4 atom stereocenters. The van der Waals surface area contributed by atoms with Gasteiger partial charge in [0.15, 0.2) is 0 Å². The maximum absolute atomic E-state index is 13.2. The molecular weight excluding hydrogens is 624 g/mol. The second kappa shape index (κ2) is 24.3. The van der Waals surface area contributed by atoms with Crippen LogP contribution in [-0.2, 0) is 43.2 Å². The van der Waals surface area contributed by atoms with Gasteiger partial charge in [0.05, 0.1) is 0 Å². The molecule has 0 aliphatic heterocycles. The fourth-order valence-corrected chi connectivity index (χ4v) is 5.26. The van der Waals surface area contributed by atoms with Crippen LogP contribution in [0.15, 0.2) is 0 Å². The topological polar surface area (TPSA) is 226 Å². The van der Waals surface area contributed by atoms with Gasteiger partial charge in [0.1, 0.15) is 28.9 Å². The average Bonchev–Trinajstić information content (AvgIpc) is 2.92. The molecule has 0 aromatic carbocycles. The number of amides is 4. The molecule has 4 unspecified atom stereocenters. The summed E-state index contributed by atoms with van der Waals surface area (Å²) >= 11 is 0. The van der Waals surface area contributed by atoms with Crippen molar-refractivity contribution in [1.29, 1.82) is 0 Å². The van der Waals surface area contributed by atoms with Gasteiger partial charge in [-0.2, -0.15) is 0 Å². The zero-order valence-electron chi connectivity index (χ0n) is 29.5. The number of hydrogen-bond acceptors (Lipinski definition) is 11. The lowest BCUT2D eigenvalue weighted by molar-refractivity contribution is -0.126. The maximum atomic E-state index is 13.2. The molecule has 0 aromatic heterocycles. The molecule has 0 rings (SSSR count). The minimum absolute atomic E-state index is 0.0321. The van der Waals surface area contributed by atoms with E-state index in [-0.39, 0.29) is 105 Å². The Kier molecular flexibility index (Phi) is 22.4. The van der Waals surface area contributed by atoms with Crippen LogP contribution in [0.1, 0.15) is 105 Å². The van der Waals surface area contributed by atoms with Crippen molar-refractivity contribution < 1.29 is 43.2 Å². The number of nitrogens with one attached hydrogen (secondary N) is 6. The molecule has 0 aliphatic carbocycles. The Balaban J connectivity index is 5.53. The number of ketones is 5. The molecule has 0 aromatic rings. The molecule has 0 saturated carbocycles. The van der Waals surface area contributed by atoms with Crippen LogP contribution in [-0.4, -0.2) is 103 Å². The van der Waals surface area contributed by atoms with E-state index in [9.17, 15) is 43.2 Å². The maximum Gasteiger partial charge on any atom is 0.222 e. The van der Waals surface area contributed by atoms with Crippen molar-refractivity contribution in [2.45, 2.75) is 135 Å². The molecule has 0 bridgehead atoms. The van der Waals surface area contributed by atoms with Gasteiger partial charge >= 0.3 is 0 Å². The predicted octanol–water partition coefficient (Wildman–Crippen LogP) is -0.0309. The number of rotatable bonds is 27. The molecule has 0 aliphatic rings. The summed E-state index contributed by atoms with van der Waals surface area (Å²) in [6.45, 7) is 7.21. The summed E-state index contributed by atoms with van der Waals surface area (Å²) in [5, 5.41) is 16.8. The molecule has 48 heavy (non-hydrogen) atoms. The minimum Gasteiger partial charge on any atom is -0.356 e. The van der Waals surface area contributed by atoms with Crippen molar-refractivity contribution in [3.05, 3.63) is 0 Å². The highest BCUT2D eigenvalue weighted by molar-refractivity contribution is 5.86. The molecule has 15 nitrogen and oxygen atoms in total. The zero-order chi connectivity index (χ0) is 36.8. The zero-order valence-corrected chi connectivity index (χ0v) is 29.5. The van der Waals surface area contributed by atoms with Gasteiger partial charge in [-0.1, -0.05) is 0 Å². The van der Waals surface area contributed by atoms with Crippen LogP contribution in [0.3, 0.4) is 0 Å². The first-order chi connectivity index (χ1) is 22.4. The van der Waals surface area contributed by atoms with E-state index in [0.717, 1.165) is 0 Å². The standard InChI is InChI=1S/C33H56N6O9/c1-20(40)11-25(9-8-10-36-30(45)16-26(34-6)12-21(2)41)37-32(47)18-29(39-31(46)17-27(35-7)13-22(3)42)19-33(48)38-28(14-23(4)43)15-24(5)44/h25-29,34-35H,8-19H2,1-7H3,(H,36,45)(H,37,47)(H,38,48)(H,39,46). The Morgan fingerprint density at radius 3 is 1.06 bits per heavy atom. The lowest BCUT2D eigenvalue weighted by Gasteiger charge is -2.24. The van der Waals surface area contributed by atoms with Crippen molar-refractivity contribution in [3.8, 4) is 0 Å². The third kappa shape index (κ3) is 23.5. The third-order valence-corrected chi connectivity index (χ3v) is 7.36. The van der Waals surface area contributed by atoms with Crippen LogP contribution in [0, 0.1) is 0 Å². The van der Waals surface area contributed by atoms with Gasteiger partial charge in [0.2, 0.25) is 23.6 Å². The van der Waals surface area contributed by atoms with Crippen LogP contribution >= 0.6 is 0 Å². The van der Waals surface area contributed by atoms with Gasteiger partial charge in [-0.05, 0) is 61.6 Å². The third-order valence-electron chi connectivity index (χ3n) is 7.36. The normalized spacial score (nSPS) is 13.4. The highest BCUT2D eigenvalue weighted by atomic mass is 16.2. The van der Waals surface area contributed by atoms with Gasteiger partial charge in [0, 0.05) is 94.5 Å². The second-order valence-corrected chi connectivity index (χ2v) is 12.6. The van der Waals surface area contributed by atoms with E-state index in [4.69, 9.17) is 0 Å². The molecule has 0 radical (unpaired) electrons. The quantitative estimate of drug-likeness (QED) is 0.0632. The average molecular weight is 681 g/mol. The fourth-order valence-electron chi connectivity index (χ4n) is 5.26. The molecule has 0 saturated heterocycles. The Labute approximate surface area is 283 Å². The summed E-state index contributed by atoms with van der Waals surface area (Å²) in [5.41, 5.74) is 0. The van der Waals surface area contributed by atoms with E-state index >= 15 is 0 Å². The Bertz CT molecular complexity index is 1130. The minimum atomic E-state index is -0.977. The van der Waals surface area contributed by atoms with E-state index in [0.29, 0.717) is 12.8 Å². The summed E-state index contributed by atoms with van der Waals surface area (Å²) in [5.74, 6) is -2.60. The number of carbonyl (C=O) groups excluding carboxylic acids is 9. The molecule has 0 fully saturated rings. The molecule has 15 heteroatoms. The van der Waals surface area contributed by atoms with Crippen molar-refractivity contribution in [2.75, 3.05) is 20.6 Å². The highest BCUT2D eigenvalue weighted by Gasteiger charge is 2.25. The number of hydrogen-bond donors (Lipinski definition) is 6. The number of carbonyl (C=O) groups is 9. The molecule has 4 amide bonds. The monoisotopic (exact) mass is 680 g/mol. The van der Waals surface area contributed by atoms with E-state index in [1.807, 2.05) is 0 Å². The van der Waals surface area contributed by atoms with Crippen molar-refractivity contribution >= 4 is 52.5 Å². The van der Waals surface area contributed by atoms with Crippen LogP contribution < -0.4 is 31.9 Å². The molecule has 272 valence electrons. The highest BCUT2D eigenvalue weighted by Crippen LogP contribution is 2.09. The van der Waals surface area contributed by atoms with Crippen LogP contribution in [0.2, 0.25) is 0 Å². The number of Topliss-reactive ketones (excluding diaryl/α,β-unsaturated/α-hetero) is 5. The predicted molar refractivity (Wildman–Crippen MR) is 179 cm³/mol. The first-order valence-corrected chi connectivity index (χ1v) is 16.4. The largest absolute Gasteiger partial charge is 0.356 e. The van der Waals surface area contributed by atoms with Gasteiger partial charge in [-0.3, -0.25) is 43.2 Å². The first-order valence-electron chi connectivity index (χ1n) is 16.4. The lowest BCUT2D eigenvalue weighted by Crippen LogP contribution is -2.47. The van der Waals surface area contributed by atoms with E-state index in [1.165, 1.54) is 34.6 Å². The summed E-state index contributed by atoms with van der Waals surface area (Å²) in [6.07, 6.45) is 0.450. The molecule has 6 N–H and O–H groups in total. The Morgan fingerprint density at radius 1 is 0.396 bits per heavy atom. The van der Waals surface area contributed by atoms with Crippen LogP contribution in [0.5, 0.6) is 0 Å². The van der Waals surface area contributed by atoms with Gasteiger partial charge in [-0.25, -0.2) is 0 Å². The summed E-state index contributed by atoms with van der Waals surface area (Å²) in [4.78, 5) is 110. The fraction of sp³-hybridized carbons (Fsp3) is 0.727. The van der Waals surface area contributed by atoms with Gasteiger partial charge in [-0.15, -0.1) is 0 Å². The lowest BCUT2D eigenvalue weighted by atomic mass is 10.0. The summed E-state index contributed by atoms with van der Waals surface area (Å²) in [7, 11) is 3.28. The van der Waals surface area contributed by atoms with Crippen molar-refractivity contribution in [2.24, 2.45) is 0 Å². The van der Waals surface area contributed by atoms with Crippen molar-refractivity contribution in [1.82, 2.24) is 31.9 Å². The van der Waals surface area contributed by atoms with Crippen LogP contribution in [0.25, 0.3) is 0 Å². The van der Waals surface area contributed by atoms with Gasteiger partial charge < -0.3 is 31.9 Å². The molecular formula is C33H56N6O9. The Morgan fingerprint density at radius 2 is 0.688 bits per heavy atom. The smallest absolute Gasteiger partial charge is 0.222 e. The summed E-state index contributed by atoms with van der Waals surface area (Å²) in [6, 6.07) is -3.02. The summed E-state index contributed by atoms with van der Waals surface area (Å²) < 4.78 is 0. The van der Waals surface area contributed by atoms with E-state index in [2.05, 4.69) is 31.9 Å². The van der Waals surface area contributed by atoms with Gasteiger partial charge in [0.25, 0.3) is 0 Å². The molecule has 0 spiro atoms. The first kappa shape index (κ1) is 44.1. The Hall–Kier alpha value is -3.85. The second-order valence-electron chi connectivity index (χ2n) is 12.6. The van der Waals surface area contributed by atoms with Crippen molar-refractivity contribution in [3.63, 3.8) is 0 Å². The van der Waals surface area contributed by atoms with Crippen LogP contribution in [0.4, 0.5) is 0 Å².